The summed E-state index contributed by atoms with van der Waals surface area (Å²) in [6.07, 6.45) is 0.424. The molecule has 0 unspecified atom stereocenters. The number of hydroxylamine groups is 2. The summed E-state index contributed by atoms with van der Waals surface area (Å²) in [4.78, 5) is 30.3. The molecular formula is C20H26FN3O4. The molecule has 0 bridgehead atoms. The van der Waals surface area contributed by atoms with E-state index < -0.39 is 11.7 Å². The Morgan fingerprint density at radius 1 is 1.25 bits per heavy atom. The van der Waals surface area contributed by atoms with Gasteiger partial charge in [0.05, 0.1) is 31.0 Å². The second kappa shape index (κ2) is 9.48. The van der Waals surface area contributed by atoms with E-state index in [1.165, 1.54) is 23.7 Å². The molecule has 1 aliphatic heterocycles. The Morgan fingerprint density at radius 2 is 1.96 bits per heavy atom. The van der Waals surface area contributed by atoms with Crippen molar-refractivity contribution in [2.75, 3.05) is 25.1 Å². The van der Waals surface area contributed by atoms with Crippen molar-refractivity contribution in [3.8, 4) is 0 Å². The third-order valence-electron chi connectivity index (χ3n) is 4.26. The molecule has 1 aromatic heterocycles. The third kappa shape index (κ3) is 4.40. The lowest BCUT2D eigenvalue weighted by Gasteiger charge is -2.29. The highest BCUT2D eigenvalue weighted by Gasteiger charge is 2.30. The number of pyridine rings is 1. The topological polar surface area (TPSA) is 83.8 Å². The number of benzene rings is 1. The third-order valence-corrected chi connectivity index (χ3v) is 4.26. The van der Waals surface area contributed by atoms with Gasteiger partial charge in [0, 0.05) is 13.1 Å². The Morgan fingerprint density at radius 3 is 2.61 bits per heavy atom. The highest BCUT2D eigenvalue weighted by molar-refractivity contribution is 6.01. The van der Waals surface area contributed by atoms with Gasteiger partial charge in [0.15, 0.2) is 0 Å². The number of rotatable bonds is 5. The number of aliphatic hydroxyl groups is 1. The number of amides is 1. The lowest BCUT2D eigenvalue weighted by atomic mass is 10.0. The van der Waals surface area contributed by atoms with Crippen LogP contribution in [-0.2, 0) is 18.3 Å². The van der Waals surface area contributed by atoms with Crippen molar-refractivity contribution in [2.24, 2.45) is 7.05 Å². The fourth-order valence-corrected chi connectivity index (χ4v) is 2.90. The fourth-order valence-electron chi connectivity index (χ4n) is 2.90. The second-order valence-corrected chi connectivity index (χ2v) is 6.11. The minimum absolute atomic E-state index is 0.0117. The number of aliphatic hydroxyl groups excluding tert-OH is 1. The number of hydrogen-bond acceptors (Lipinski definition) is 5. The standard InChI is InChI=1S/C18H20FN3O4.C2H6/c1-11-3-4-14(13(19)9-11)20-17-16-12(10-15(24)21(17)2)5-6-22(18(16)25)26-8-7-23;1-2/h3-4,9-10,20,23H,5-8H2,1-2H3;1-2H3. The van der Waals surface area contributed by atoms with E-state index in [0.29, 0.717) is 12.0 Å². The molecule has 0 saturated heterocycles. The van der Waals surface area contributed by atoms with Crippen molar-refractivity contribution in [3.05, 3.63) is 57.1 Å². The van der Waals surface area contributed by atoms with Crippen molar-refractivity contribution < 1.29 is 19.1 Å². The Balaban J connectivity index is 0.00000136. The minimum atomic E-state index is -0.480. The van der Waals surface area contributed by atoms with Gasteiger partial charge < -0.3 is 10.4 Å². The van der Waals surface area contributed by atoms with Crippen molar-refractivity contribution in [1.82, 2.24) is 9.63 Å². The van der Waals surface area contributed by atoms with Gasteiger partial charge >= 0.3 is 0 Å². The SMILES string of the molecule is CC.Cc1ccc(Nc2c3c(cc(=O)n2C)CCN(OCCO)C3=O)c(F)c1. The number of aryl methyl sites for hydroxylation is 1. The van der Waals surface area contributed by atoms with E-state index >= 15 is 0 Å². The number of nitrogens with zero attached hydrogens (tertiary/aromatic N) is 2. The zero-order valence-electron chi connectivity index (χ0n) is 16.6. The molecule has 1 amide bonds. The molecule has 28 heavy (non-hydrogen) atoms. The van der Waals surface area contributed by atoms with Gasteiger partial charge in [-0.3, -0.25) is 19.0 Å². The van der Waals surface area contributed by atoms with E-state index in [1.54, 1.807) is 19.1 Å². The molecule has 2 N–H and O–H groups in total. The van der Waals surface area contributed by atoms with Gasteiger partial charge in [0.1, 0.15) is 11.6 Å². The molecule has 7 nitrogen and oxygen atoms in total. The molecule has 0 aliphatic carbocycles. The summed E-state index contributed by atoms with van der Waals surface area (Å²) < 4.78 is 15.5. The Hall–Kier alpha value is -2.71. The first-order valence-corrected chi connectivity index (χ1v) is 9.24. The van der Waals surface area contributed by atoms with Crippen LogP contribution in [-0.4, -0.2) is 40.4 Å². The van der Waals surface area contributed by atoms with Crippen LogP contribution >= 0.6 is 0 Å². The van der Waals surface area contributed by atoms with Crippen molar-refractivity contribution in [2.45, 2.75) is 27.2 Å². The fraction of sp³-hybridized carbons (Fsp3) is 0.400. The quantitative estimate of drug-likeness (QED) is 0.818. The number of fused-ring (bicyclic) bond motifs is 1. The number of hydrogen-bond donors (Lipinski definition) is 2. The van der Waals surface area contributed by atoms with Crippen molar-refractivity contribution in [3.63, 3.8) is 0 Å². The Bertz CT molecular complexity index is 911. The molecule has 0 atom stereocenters. The molecule has 0 fully saturated rings. The van der Waals surface area contributed by atoms with E-state index in [2.05, 4.69) is 5.32 Å². The number of carbonyl (C=O) groups excluding carboxylic acids is 1. The average molecular weight is 391 g/mol. The maximum Gasteiger partial charge on any atom is 0.281 e. The Kier molecular flexibility index (Phi) is 7.31. The summed E-state index contributed by atoms with van der Waals surface area (Å²) >= 11 is 0. The van der Waals surface area contributed by atoms with E-state index in [1.807, 2.05) is 13.8 Å². The molecule has 0 radical (unpaired) electrons. The first-order chi connectivity index (χ1) is 13.4. The average Bonchev–Trinajstić information content (AvgIpc) is 2.68. The molecule has 152 valence electrons. The van der Waals surface area contributed by atoms with Gasteiger partial charge in [-0.15, -0.1) is 0 Å². The van der Waals surface area contributed by atoms with Crippen molar-refractivity contribution >= 4 is 17.4 Å². The van der Waals surface area contributed by atoms with Crippen LogP contribution in [0.1, 0.15) is 35.3 Å². The molecule has 0 saturated carbocycles. The van der Waals surface area contributed by atoms with Gasteiger partial charge in [0.25, 0.3) is 11.5 Å². The van der Waals surface area contributed by atoms with Crippen LogP contribution in [0.2, 0.25) is 0 Å². The van der Waals surface area contributed by atoms with Crippen LogP contribution < -0.4 is 10.9 Å². The molecule has 2 aromatic rings. The summed E-state index contributed by atoms with van der Waals surface area (Å²) in [5, 5.41) is 12.9. The highest BCUT2D eigenvalue weighted by Crippen LogP contribution is 2.28. The molecule has 1 aromatic carbocycles. The summed E-state index contributed by atoms with van der Waals surface area (Å²) in [6, 6.07) is 6.07. The molecule has 2 heterocycles. The maximum atomic E-state index is 14.2. The maximum absolute atomic E-state index is 14.2. The van der Waals surface area contributed by atoms with Gasteiger partial charge in [-0.2, -0.15) is 0 Å². The van der Waals surface area contributed by atoms with Gasteiger partial charge in [-0.05, 0) is 36.6 Å². The molecule has 1 aliphatic rings. The molecule has 3 rings (SSSR count). The van der Waals surface area contributed by atoms with Crippen LogP contribution in [0, 0.1) is 12.7 Å². The summed E-state index contributed by atoms with van der Waals surface area (Å²) in [5.41, 5.74) is 1.47. The zero-order chi connectivity index (χ0) is 20.8. The lowest BCUT2D eigenvalue weighted by Crippen LogP contribution is -2.40. The smallest absolute Gasteiger partial charge is 0.281 e. The second-order valence-electron chi connectivity index (χ2n) is 6.11. The van der Waals surface area contributed by atoms with E-state index in [-0.39, 0.29) is 42.4 Å². The number of aromatic nitrogens is 1. The van der Waals surface area contributed by atoms with Crippen molar-refractivity contribution in [1.29, 1.82) is 0 Å². The van der Waals surface area contributed by atoms with Crippen LogP contribution in [0.15, 0.2) is 29.1 Å². The monoisotopic (exact) mass is 391 g/mol. The van der Waals surface area contributed by atoms with Crippen LogP contribution in [0.4, 0.5) is 15.9 Å². The van der Waals surface area contributed by atoms with Crippen LogP contribution in [0.5, 0.6) is 0 Å². The van der Waals surface area contributed by atoms with Gasteiger partial charge in [-0.25, -0.2) is 9.45 Å². The lowest BCUT2D eigenvalue weighted by molar-refractivity contribution is -0.132. The minimum Gasteiger partial charge on any atom is -0.394 e. The first kappa shape index (κ1) is 21.6. The van der Waals surface area contributed by atoms with E-state index in [4.69, 9.17) is 9.94 Å². The molecular weight excluding hydrogens is 365 g/mol. The summed E-state index contributed by atoms with van der Waals surface area (Å²) in [7, 11) is 1.51. The predicted octanol–water partition coefficient (Wildman–Crippen LogP) is 2.52. The van der Waals surface area contributed by atoms with Gasteiger partial charge in [-0.1, -0.05) is 19.9 Å². The Labute approximate surface area is 163 Å². The number of anilines is 2. The number of carbonyl (C=O) groups is 1. The van der Waals surface area contributed by atoms with Crippen LogP contribution in [0.3, 0.4) is 0 Å². The van der Waals surface area contributed by atoms with Gasteiger partial charge in [0.2, 0.25) is 0 Å². The van der Waals surface area contributed by atoms with E-state index in [9.17, 15) is 14.0 Å². The highest BCUT2D eigenvalue weighted by atomic mass is 19.1. The molecule has 8 heteroatoms. The number of halogens is 1. The van der Waals surface area contributed by atoms with Crippen LogP contribution in [0.25, 0.3) is 0 Å². The molecule has 0 spiro atoms. The predicted molar refractivity (Wildman–Crippen MR) is 105 cm³/mol. The van der Waals surface area contributed by atoms with E-state index in [0.717, 1.165) is 10.6 Å². The zero-order valence-corrected chi connectivity index (χ0v) is 16.6. The largest absolute Gasteiger partial charge is 0.394 e. The first-order valence-electron chi connectivity index (χ1n) is 9.24. The normalized spacial score (nSPS) is 12.9. The summed E-state index contributed by atoms with van der Waals surface area (Å²) in [6.45, 7) is 5.82. The number of nitrogens with one attached hydrogen (secondary N) is 1. The summed E-state index contributed by atoms with van der Waals surface area (Å²) in [5.74, 6) is -0.713.